The van der Waals surface area contributed by atoms with Crippen LogP contribution in [0.4, 0.5) is 5.69 Å². The van der Waals surface area contributed by atoms with E-state index < -0.39 is 0 Å². The number of benzene rings is 2. The lowest BCUT2D eigenvalue weighted by Crippen LogP contribution is -2.35. The lowest BCUT2D eigenvalue weighted by Gasteiger charge is -2.21. The summed E-state index contributed by atoms with van der Waals surface area (Å²) in [7, 11) is 1.84. The van der Waals surface area contributed by atoms with Crippen LogP contribution in [-0.4, -0.2) is 13.0 Å². The number of likely N-dealkylation sites (N-methyl/N-ethyl adjacent to an activating group) is 1. The van der Waals surface area contributed by atoms with Gasteiger partial charge in [0.15, 0.2) is 0 Å². The summed E-state index contributed by atoms with van der Waals surface area (Å²) in [5, 5.41) is 3.34. The second-order valence-corrected chi connectivity index (χ2v) is 4.75. The van der Waals surface area contributed by atoms with Crippen molar-refractivity contribution in [3.63, 3.8) is 0 Å². The Labute approximate surface area is 112 Å². The van der Waals surface area contributed by atoms with Crippen molar-refractivity contribution in [3.05, 3.63) is 65.7 Å². The number of carbonyl (C=O) groups excluding carboxylic acids is 1. The monoisotopic (exact) mass is 252 g/mol. The van der Waals surface area contributed by atoms with Crippen molar-refractivity contribution in [1.29, 1.82) is 0 Å². The van der Waals surface area contributed by atoms with Crippen molar-refractivity contribution in [2.45, 2.75) is 12.6 Å². The molecule has 19 heavy (non-hydrogen) atoms. The molecular weight excluding hydrogens is 236 g/mol. The molecule has 1 heterocycles. The molecule has 0 radical (unpaired) electrons. The van der Waals surface area contributed by atoms with Gasteiger partial charge < -0.3 is 4.90 Å². The molecule has 0 saturated heterocycles. The van der Waals surface area contributed by atoms with E-state index in [9.17, 15) is 4.79 Å². The van der Waals surface area contributed by atoms with Gasteiger partial charge in [0.25, 0.3) is 0 Å². The number of para-hydroxylation sites is 1. The number of nitrogens with zero attached hydrogens (tertiary/aromatic N) is 1. The van der Waals surface area contributed by atoms with Crippen molar-refractivity contribution < 1.29 is 4.79 Å². The fourth-order valence-corrected chi connectivity index (χ4v) is 2.51. The Morgan fingerprint density at radius 1 is 1.05 bits per heavy atom. The van der Waals surface area contributed by atoms with E-state index in [2.05, 4.69) is 11.4 Å². The number of carbonyl (C=O) groups is 1. The summed E-state index contributed by atoms with van der Waals surface area (Å²) in [6.07, 6.45) is 0. The Kier molecular flexibility index (Phi) is 3.05. The molecule has 2 aromatic carbocycles. The first-order valence-corrected chi connectivity index (χ1v) is 6.41. The Hall–Kier alpha value is -2.13. The summed E-state index contributed by atoms with van der Waals surface area (Å²) >= 11 is 0. The molecule has 1 aliphatic rings. The minimum atomic E-state index is -0.279. The van der Waals surface area contributed by atoms with Crippen LogP contribution in [0.5, 0.6) is 0 Å². The number of hydrogen-bond acceptors (Lipinski definition) is 2. The van der Waals surface area contributed by atoms with Gasteiger partial charge in [0.2, 0.25) is 5.91 Å². The highest BCUT2D eigenvalue weighted by atomic mass is 16.2. The molecule has 0 saturated carbocycles. The second-order valence-electron chi connectivity index (χ2n) is 4.75. The van der Waals surface area contributed by atoms with Crippen LogP contribution in [0, 0.1) is 0 Å². The molecule has 1 atom stereocenters. The van der Waals surface area contributed by atoms with Gasteiger partial charge in [0, 0.05) is 19.3 Å². The zero-order chi connectivity index (χ0) is 13.2. The molecule has 1 N–H and O–H groups in total. The molecule has 2 aromatic rings. The first-order valence-electron chi connectivity index (χ1n) is 6.41. The fourth-order valence-electron chi connectivity index (χ4n) is 2.51. The lowest BCUT2D eigenvalue weighted by atomic mass is 10.1. The Morgan fingerprint density at radius 3 is 2.53 bits per heavy atom. The molecule has 0 unspecified atom stereocenters. The molecule has 0 fully saturated rings. The summed E-state index contributed by atoms with van der Waals surface area (Å²) in [5.41, 5.74) is 3.14. The van der Waals surface area contributed by atoms with Crippen LogP contribution in [0.3, 0.4) is 0 Å². The minimum Gasteiger partial charge on any atom is -0.314 e. The quantitative estimate of drug-likeness (QED) is 0.845. The molecular formula is C16H16N2O. The maximum atomic E-state index is 12.6. The Balaban J connectivity index is 1.99. The molecule has 1 aliphatic heterocycles. The van der Waals surface area contributed by atoms with Crippen LogP contribution in [0.2, 0.25) is 0 Å². The SMILES string of the molecule is CN1C(=O)[C@H](c2ccccc2)NCc2ccccc21. The molecule has 1 amide bonds. The van der Waals surface area contributed by atoms with E-state index in [-0.39, 0.29) is 11.9 Å². The summed E-state index contributed by atoms with van der Waals surface area (Å²) in [6.45, 7) is 0.700. The highest BCUT2D eigenvalue weighted by molar-refractivity contribution is 5.98. The number of hydrogen-bond donors (Lipinski definition) is 1. The van der Waals surface area contributed by atoms with Gasteiger partial charge in [-0.1, -0.05) is 48.5 Å². The normalized spacial score (nSPS) is 18.9. The third-order valence-electron chi connectivity index (χ3n) is 3.56. The number of fused-ring (bicyclic) bond motifs is 1. The summed E-state index contributed by atoms with van der Waals surface area (Å²) in [5.74, 6) is 0.0798. The van der Waals surface area contributed by atoms with Crippen molar-refractivity contribution in [1.82, 2.24) is 5.32 Å². The van der Waals surface area contributed by atoms with Crippen molar-refractivity contribution in [2.24, 2.45) is 0 Å². The van der Waals surface area contributed by atoms with Gasteiger partial charge in [0.1, 0.15) is 6.04 Å². The van der Waals surface area contributed by atoms with E-state index in [0.29, 0.717) is 6.54 Å². The van der Waals surface area contributed by atoms with Crippen LogP contribution < -0.4 is 10.2 Å². The summed E-state index contributed by atoms with van der Waals surface area (Å²) in [6, 6.07) is 17.6. The highest BCUT2D eigenvalue weighted by Gasteiger charge is 2.28. The first-order chi connectivity index (χ1) is 9.27. The van der Waals surface area contributed by atoms with E-state index in [0.717, 1.165) is 16.8 Å². The highest BCUT2D eigenvalue weighted by Crippen LogP contribution is 2.27. The van der Waals surface area contributed by atoms with Gasteiger partial charge in [-0.2, -0.15) is 0 Å². The molecule has 96 valence electrons. The van der Waals surface area contributed by atoms with Crippen molar-refractivity contribution >= 4 is 11.6 Å². The topological polar surface area (TPSA) is 32.3 Å². The average molecular weight is 252 g/mol. The number of rotatable bonds is 1. The predicted octanol–water partition coefficient (Wildman–Crippen LogP) is 2.49. The van der Waals surface area contributed by atoms with Gasteiger partial charge in [-0.3, -0.25) is 10.1 Å². The van der Waals surface area contributed by atoms with Crippen LogP contribution in [0.25, 0.3) is 0 Å². The molecule has 0 spiro atoms. The fraction of sp³-hybridized carbons (Fsp3) is 0.188. The maximum Gasteiger partial charge on any atom is 0.248 e. The van der Waals surface area contributed by atoms with Gasteiger partial charge in [0.05, 0.1) is 0 Å². The van der Waals surface area contributed by atoms with Crippen molar-refractivity contribution in [2.75, 3.05) is 11.9 Å². The second kappa shape index (κ2) is 4.86. The molecule has 0 aromatic heterocycles. The number of amides is 1. The first kappa shape index (κ1) is 11.9. The van der Waals surface area contributed by atoms with Gasteiger partial charge in [-0.25, -0.2) is 0 Å². The minimum absolute atomic E-state index is 0.0798. The number of nitrogens with one attached hydrogen (secondary N) is 1. The smallest absolute Gasteiger partial charge is 0.248 e. The summed E-state index contributed by atoms with van der Waals surface area (Å²) < 4.78 is 0. The third kappa shape index (κ3) is 2.13. The Morgan fingerprint density at radius 2 is 1.74 bits per heavy atom. The molecule has 3 heteroatoms. The van der Waals surface area contributed by atoms with E-state index in [4.69, 9.17) is 0 Å². The Bertz CT molecular complexity index is 595. The van der Waals surface area contributed by atoms with E-state index >= 15 is 0 Å². The lowest BCUT2D eigenvalue weighted by molar-refractivity contribution is -0.120. The third-order valence-corrected chi connectivity index (χ3v) is 3.56. The molecule has 3 rings (SSSR count). The van der Waals surface area contributed by atoms with E-state index in [1.807, 2.05) is 55.6 Å². The van der Waals surface area contributed by atoms with E-state index in [1.165, 1.54) is 0 Å². The average Bonchev–Trinajstić information content (AvgIpc) is 2.59. The van der Waals surface area contributed by atoms with Crippen LogP contribution in [0.1, 0.15) is 17.2 Å². The van der Waals surface area contributed by atoms with Gasteiger partial charge >= 0.3 is 0 Å². The molecule has 3 nitrogen and oxygen atoms in total. The van der Waals surface area contributed by atoms with Crippen LogP contribution in [0.15, 0.2) is 54.6 Å². The zero-order valence-electron chi connectivity index (χ0n) is 10.8. The van der Waals surface area contributed by atoms with Gasteiger partial charge in [-0.15, -0.1) is 0 Å². The molecule has 0 aliphatic carbocycles. The standard InChI is InChI=1S/C16H16N2O/c1-18-14-10-6-5-9-13(14)11-17-15(16(18)19)12-7-3-2-4-8-12/h2-10,15,17H,11H2,1H3/t15-/m0/s1. The maximum absolute atomic E-state index is 12.6. The predicted molar refractivity (Wildman–Crippen MR) is 75.9 cm³/mol. The number of anilines is 1. The van der Waals surface area contributed by atoms with Crippen molar-refractivity contribution in [3.8, 4) is 0 Å². The zero-order valence-corrected chi connectivity index (χ0v) is 10.8. The summed E-state index contributed by atoms with van der Waals surface area (Å²) in [4.78, 5) is 14.3. The molecule has 0 bridgehead atoms. The largest absolute Gasteiger partial charge is 0.314 e. The van der Waals surface area contributed by atoms with Crippen LogP contribution >= 0.6 is 0 Å². The van der Waals surface area contributed by atoms with E-state index in [1.54, 1.807) is 4.90 Å². The van der Waals surface area contributed by atoms with Crippen LogP contribution in [-0.2, 0) is 11.3 Å². The van der Waals surface area contributed by atoms with Gasteiger partial charge in [-0.05, 0) is 17.2 Å².